The number of ether oxygens (including phenoxy) is 2. The molecule has 0 spiro atoms. The second-order valence-corrected chi connectivity index (χ2v) is 5.48. The van der Waals surface area contributed by atoms with Crippen LogP contribution in [0.2, 0.25) is 0 Å². The molecule has 4 heteroatoms. The van der Waals surface area contributed by atoms with Gasteiger partial charge in [-0.3, -0.25) is 0 Å². The predicted molar refractivity (Wildman–Crippen MR) is 83.7 cm³/mol. The third-order valence-corrected chi connectivity index (χ3v) is 3.75. The molecular formula is C17H25NO3. The van der Waals surface area contributed by atoms with Crippen LogP contribution in [0.1, 0.15) is 49.9 Å². The quantitative estimate of drug-likeness (QED) is 0.813. The molecule has 1 N–H and O–H groups in total. The Labute approximate surface area is 126 Å². The summed E-state index contributed by atoms with van der Waals surface area (Å²) < 4.78 is 10.8. The van der Waals surface area contributed by atoms with Crippen LogP contribution in [0.3, 0.4) is 0 Å². The van der Waals surface area contributed by atoms with Gasteiger partial charge in [0.1, 0.15) is 0 Å². The minimum atomic E-state index is -0.250. The van der Waals surface area contributed by atoms with E-state index >= 15 is 0 Å². The van der Waals surface area contributed by atoms with Crippen LogP contribution in [0.5, 0.6) is 0 Å². The van der Waals surface area contributed by atoms with Crippen LogP contribution in [0.15, 0.2) is 24.3 Å². The van der Waals surface area contributed by atoms with Crippen LogP contribution in [0.25, 0.3) is 0 Å². The molecule has 0 saturated carbocycles. The molecule has 1 aromatic carbocycles. The molecule has 21 heavy (non-hydrogen) atoms. The molecule has 1 saturated heterocycles. The van der Waals surface area contributed by atoms with Crippen molar-refractivity contribution in [3.05, 3.63) is 29.8 Å². The second-order valence-electron chi connectivity index (χ2n) is 5.48. The summed E-state index contributed by atoms with van der Waals surface area (Å²) >= 11 is 0. The Hall–Kier alpha value is -1.55. The van der Waals surface area contributed by atoms with Crippen molar-refractivity contribution < 1.29 is 14.3 Å². The number of esters is 1. The molecule has 0 radical (unpaired) electrons. The fourth-order valence-electron chi connectivity index (χ4n) is 2.51. The molecule has 116 valence electrons. The summed E-state index contributed by atoms with van der Waals surface area (Å²) in [6, 6.07) is 7.97. The number of carbonyl (C=O) groups is 1. The van der Waals surface area contributed by atoms with E-state index in [1.807, 2.05) is 31.2 Å². The summed E-state index contributed by atoms with van der Waals surface area (Å²) in [4.78, 5) is 11.7. The first kappa shape index (κ1) is 15.8. The summed E-state index contributed by atoms with van der Waals surface area (Å²) in [5.41, 5.74) is 1.65. The number of hydrogen-bond acceptors (Lipinski definition) is 4. The van der Waals surface area contributed by atoms with Crippen LogP contribution in [-0.4, -0.2) is 31.3 Å². The van der Waals surface area contributed by atoms with Crippen LogP contribution >= 0.6 is 0 Å². The molecule has 0 amide bonds. The number of rotatable bonds is 6. The average molecular weight is 291 g/mol. The van der Waals surface area contributed by atoms with Gasteiger partial charge in [0, 0.05) is 18.3 Å². The van der Waals surface area contributed by atoms with Gasteiger partial charge < -0.3 is 14.8 Å². The van der Waals surface area contributed by atoms with E-state index in [0.717, 1.165) is 38.0 Å². The van der Waals surface area contributed by atoms with Crippen molar-refractivity contribution in [2.24, 2.45) is 0 Å². The summed E-state index contributed by atoms with van der Waals surface area (Å²) in [7, 11) is 0. The van der Waals surface area contributed by atoms with Gasteiger partial charge in [0.05, 0.1) is 18.3 Å². The first-order chi connectivity index (χ1) is 10.2. The molecule has 1 fully saturated rings. The average Bonchev–Trinajstić information content (AvgIpc) is 2.53. The Morgan fingerprint density at radius 3 is 2.76 bits per heavy atom. The molecule has 0 aromatic heterocycles. The van der Waals surface area contributed by atoms with E-state index in [0.29, 0.717) is 24.3 Å². The van der Waals surface area contributed by atoms with E-state index in [9.17, 15) is 4.79 Å². The van der Waals surface area contributed by atoms with Crippen molar-refractivity contribution in [3.63, 3.8) is 0 Å². The maximum atomic E-state index is 11.7. The highest BCUT2D eigenvalue weighted by atomic mass is 16.5. The summed E-state index contributed by atoms with van der Waals surface area (Å²) in [5.74, 6) is -0.250. The highest BCUT2D eigenvalue weighted by Gasteiger charge is 2.21. The van der Waals surface area contributed by atoms with Crippen molar-refractivity contribution in [1.29, 1.82) is 0 Å². The van der Waals surface area contributed by atoms with Gasteiger partial charge in [-0.1, -0.05) is 13.8 Å². The van der Waals surface area contributed by atoms with Gasteiger partial charge in [0.25, 0.3) is 0 Å². The van der Waals surface area contributed by atoms with Gasteiger partial charge in [-0.25, -0.2) is 4.79 Å². The lowest BCUT2D eigenvalue weighted by Gasteiger charge is -2.30. The Kier molecular flexibility index (Phi) is 6.05. The zero-order valence-electron chi connectivity index (χ0n) is 12.9. The Bertz CT molecular complexity index is 444. The predicted octanol–water partition coefficient (Wildman–Crippen LogP) is 3.62. The van der Waals surface area contributed by atoms with Crippen LogP contribution in [0, 0.1) is 0 Å². The van der Waals surface area contributed by atoms with Gasteiger partial charge in [-0.15, -0.1) is 0 Å². The van der Waals surface area contributed by atoms with E-state index in [2.05, 4.69) is 12.2 Å². The molecular weight excluding hydrogens is 266 g/mol. The Balaban J connectivity index is 1.88. The molecule has 0 aliphatic carbocycles. The molecule has 1 aromatic rings. The normalized spacial score (nSPS) is 21.8. The van der Waals surface area contributed by atoms with Crippen LogP contribution in [0.4, 0.5) is 5.69 Å². The van der Waals surface area contributed by atoms with Gasteiger partial charge >= 0.3 is 5.97 Å². The molecule has 4 nitrogen and oxygen atoms in total. The van der Waals surface area contributed by atoms with E-state index in [4.69, 9.17) is 9.47 Å². The molecule has 2 atom stereocenters. The number of benzene rings is 1. The lowest BCUT2D eigenvalue weighted by atomic mass is 10.0. The third-order valence-electron chi connectivity index (χ3n) is 3.75. The van der Waals surface area contributed by atoms with Gasteiger partial charge in [0.2, 0.25) is 0 Å². The van der Waals surface area contributed by atoms with E-state index in [1.54, 1.807) is 0 Å². The zero-order chi connectivity index (χ0) is 15.1. The van der Waals surface area contributed by atoms with Crippen LogP contribution in [-0.2, 0) is 9.47 Å². The fourth-order valence-corrected chi connectivity index (χ4v) is 2.51. The van der Waals surface area contributed by atoms with Gasteiger partial charge in [-0.05, 0) is 49.9 Å². The van der Waals surface area contributed by atoms with Crippen molar-refractivity contribution in [2.45, 2.75) is 51.7 Å². The molecule has 1 aliphatic rings. The maximum Gasteiger partial charge on any atom is 0.338 e. The summed E-state index contributed by atoms with van der Waals surface area (Å²) in [5, 5.41) is 3.52. The van der Waals surface area contributed by atoms with Crippen molar-refractivity contribution >= 4 is 11.7 Å². The Morgan fingerprint density at radius 2 is 2.10 bits per heavy atom. The number of hydrogen-bond donors (Lipinski definition) is 1. The zero-order valence-corrected chi connectivity index (χ0v) is 12.9. The standard InChI is InChI=1S/C17H25NO3/c1-3-10-21-17(19)13-5-7-14(8-6-13)18-15-9-11-20-16(4-2)12-15/h5-8,15-16,18H,3-4,9-12H2,1-2H3. The second kappa shape index (κ2) is 8.03. The van der Waals surface area contributed by atoms with Crippen molar-refractivity contribution in [1.82, 2.24) is 0 Å². The lowest BCUT2D eigenvalue weighted by molar-refractivity contribution is 0.00925. The number of carbonyl (C=O) groups excluding carboxylic acids is 1. The molecule has 1 aliphatic heterocycles. The first-order valence-electron chi connectivity index (χ1n) is 7.88. The van der Waals surface area contributed by atoms with E-state index in [-0.39, 0.29) is 5.97 Å². The van der Waals surface area contributed by atoms with Crippen molar-refractivity contribution in [3.8, 4) is 0 Å². The minimum Gasteiger partial charge on any atom is -0.462 e. The SMILES string of the molecule is CCCOC(=O)c1ccc(NC2CCOC(CC)C2)cc1. The van der Waals surface area contributed by atoms with E-state index in [1.165, 1.54) is 0 Å². The Morgan fingerprint density at radius 1 is 1.33 bits per heavy atom. The number of anilines is 1. The molecule has 1 heterocycles. The molecule has 2 rings (SSSR count). The van der Waals surface area contributed by atoms with Gasteiger partial charge in [-0.2, -0.15) is 0 Å². The van der Waals surface area contributed by atoms with Gasteiger partial charge in [0.15, 0.2) is 0 Å². The highest BCUT2D eigenvalue weighted by molar-refractivity contribution is 5.89. The maximum absolute atomic E-state index is 11.7. The smallest absolute Gasteiger partial charge is 0.338 e. The van der Waals surface area contributed by atoms with E-state index < -0.39 is 0 Å². The third kappa shape index (κ3) is 4.74. The van der Waals surface area contributed by atoms with Crippen LogP contribution < -0.4 is 5.32 Å². The molecule has 2 unspecified atom stereocenters. The monoisotopic (exact) mass is 291 g/mol. The first-order valence-corrected chi connectivity index (χ1v) is 7.88. The largest absolute Gasteiger partial charge is 0.462 e. The summed E-state index contributed by atoms with van der Waals surface area (Å²) in [6.45, 7) is 5.43. The minimum absolute atomic E-state index is 0.250. The lowest BCUT2D eigenvalue weighted by Crippen LogP contribution is -2.33. The highest BCUT2D eigenvalue weighted by Crippen LogP contribution is 2.21. The fraction of sp³-hybridized carbons (Fsp3) is 0.588. The van der Waals surface area contributed by atoms with Crippen molar-refractivity contribution in [2.75, 3.05) is 18.5 Å². The number of nitrogens with one attached hydrogen (secondary N) is 1. The summed E-state index contributed by atoms with van der Waals surface area (Å²) in [6.07, 6.45) is 4.32. The topological polar surface area (TPSA) is 47.6 Å². The molecule has 0 bridgehead atoms.